The smallest absolute Gasteiger partial charge is 0.333 e. The predicted molar refractivity (Wildman–Crippen MR) is 99.4 cm³/mol. The Labute approximate surface area is 148 Å². The summed E-state index contributed by atoms with van der Waals surface area (Å²) < 4.78 is 27.9. The molecule has 1 aliphatic rings. The van der Waals surface area contributed by atoms with Gasteiger partial charge in [0, 0.05) is 13.1 Å². The summed E-state index contributed by atoms with van der Waals surface area (Å²) in [7, 11) is -3.56. The Morgan fingerprint density at radius 2 is 1.91 bits per heavy atom. The first kappa shape index (κ1) is 17.7. The molecule has 1 aromatic rings. The van der Waals surface area contributed by atoms with Crippen LogP contribution in [0.15, 0.2) is 34.2 Å². The number of anilines is 2. The first-order valence-electron chi connectivity index (χ1n) is 6.58. The van der Waals surface area contributed by atoms with Gasteiger partial charge in [0.25, 0.3) is 0 Å². The average molecular weight is 449 g/mol. The number of fused-ring (bicyclic) bond motifs is 1. The molecule has 23 heavy (non-hydrogen) atoms. The molecule has 0 radical (unpaired) electrons. The van der Waals surface area contributed by atoms with Crippen LogP contribution in [-0.2, 0) is 10.0 Å². The standard InChI is InChI=1S/C13H16IN5O3S/c1-4-6-17(7-5-2)11-15-12-18(23(3,21)22)9-10(8-14)19(12)13(20)16-11/h4-5,8H,1-2,6-7,9H2,3H3/b10-8+. The Hall–Kier alpha value is -1.69. The molecule has 2 heterocycles. The largest absolute Gasteiger partial charge is 0.358 e. The van der Waals surface area contributed by atoms with Crippen molar-refractivity contribution in [2.24, 2.45) is 0 Å². The van der Waals surface area contributed by atoms with Crippen LogP contribution >= 0.6 is 22.6 Å². The lowest BCUT2D eigenvalue weighted by atomic mass is 10.4. The molecule has 0 unspecified atom stereocenters. The van der Waals surface area contributed by atoms with E-state index in [-0.39, 0.29) is 18.4 Å². The monoisotopic (exact) mass is 449 g/mol. The molecule has 10 heteroatoms. The van der Waals surface area contributed by atoms with Gasteiger partial charge in [-0.1, -0.05) is 34.7 Å². The van der Waals surface area contributed by atoms with E-state index >= 15 is 0 Å². The van der Waals surface area contributed by atoms with Crippen molar-refractivity contribution in [1.29, 1.82) is 0 Å². The van der Waals surface area contributed by atoms with E-state index < -0.39 is 15.7 Å². The molecule has 0 saturated carbocycles. The molecule has 124 valence electrons. The maximum Gasteiger partial charge on any atom is 0.358 e. The van der Waals surface area contributed by atoms with E-state index in [9.17, 15) is 13.2 Å². The number of sulfonamides is 1. The van der Waals surface area contributed by atoms with Crippen LogP contribution < -0.4 is 14.9 Å². The molecule has 0 saturated heterocycles. The third kappa shape index (κ3) is 3.47. The molecule has 1 aromatic heterocycles. The van der Waals surface area contributed by atoms with Crippen LogP contribution in [0.3, 0.4) is 0 Å². The van der Waals surface area contributed by atoms with Crippen LogP contribution in [-0.4, -0.2) is 48.8 Å². The molecule has 0 N–H and O–H groups in total. The molecule has 0 aromatic carbocycles. The SMILES string of the molecule is C=CCN(CC=C)c1nc2n(c(=O)n1)/C(=C/I)CN2S(C)(=O)=O. The Morgan fingerprint density at radius 3 is 2.39 bits per heavy atom. The van der Waals surface area contributed by atoms with Gasteiger partial charge < -0.3 is 4.90 Å². The Balaban J connectivity index is 2.66. The molecule has 0 aliphatic carbocycles. The van der Waals surface area contributed by atoms with E-state index in [1.54, 1.807) is 21.1 Å². The summed E-state index contributed by atoms with van der Waals surface area (Å²) in [6.45, 7) is 8.17. The Bertz CT molecular complexity index is 821. The van der Waals surface area contributed by atoms with Gasteiger partial charge in [0.05, 0.1) is 18.5 Å². The van der Waals surface area contributed by atoms with Crippen molar-refractivity contribution in [3.05, 3.63) is 39.9 Å². The summed E-state index contributed by atoms with van der Waals surface area (Å²) in [6, 6.07) is 0. The van der Waals surface area contributed by atoms with Crippen LogP contribution in [0.4, 0.5) is 11.9 Å². The average Bonchev–Trinajstić information content (AvgIpc) is 2.86. The van der Waals surface area contributed by atoms with Crippen molar-refractivity contribution in [3.8, 4) is 0 Å². The van der Waals surface area contributed by atoms with E-state index in [2.05, 4.69) is 23.1 Å². The minimum absolute atomic E-state index is 0.0449. The Morgan fingerprint density at radius 1 is 1.30 bits per heavy atom. The zero-order valence-electron chi connectivity index (χ0n) is 12.5. The van der Waals surface area contributed by atoms with Crippen molar-refractivity contribution < 1.29 is 8.42 Å². The summed E-state index contributed by atoms with van der Waals surface area (Å²) in [5.74, 6) is 0.188. The first-order chi connectivity index (χ1) is 10.8. The fourth-order valence-corrected chi connectivity index (χ4v) is 3.39. The second-order valence-electron chi connectivity index (χ2n) is 4.79. The van der Waals surface area contributed by atoms with Crippen LogP contribution in [0.5, 0.6) is 0 Å². The molecular formula is C13H16IN5O3S. The summed E-state index contributed by atoms with van der Waals surface area (Å²) in [5, 5.41) is 0. The molecule has 1 aliphatic heterocycles. The molecule has 8 nitrogen and oxygen atoms in total. The summed E-state index contributed by atoms with van der Waals surface area (Å²) in [4.78, 5) is 22.3. The zero-order chi connectivity index (χ0) is 17.2. The van der Waals surface area contributed by atoms with Gasteiger partial charge in [-0.25, -0.2) is 22.1 Å². The van der Waals surface area contributed by atoms with E-state index in [1.165, 1.54) is 4.57 Å². The first-order valence-corrected chi connectivity index (χ1v) is 9.68. The van der Waals surface area contributed by atoms with Crippen LogP contribution in [0.2, 0.25) is 0 Å². The number of hydrogen-bond acceptors (Lipinski definition) is 6. The second-order valence-corrected chi connectivity index (χ2v) is 7.32. The highest BCUT2D eigenvalue weighted by atomic mass is 127. The fraction of sp³-hybridized carbons (Fsp3) is 0.308. The van der Waals surface area contributed by atoms with Crippen LogP contribution in [0.1, 0.15) is 0 Å². The quantitative estimate of drug-likeness (QED) is 0.473. The minimum atomic E-state index is -3.56. The molecule has 0 fully saturated rings. The van der Waals surface area contributed by atoms with Gasteiger partial charge in [-0.3, -0.25) is 0 Å². The van der Waals surface area contributed by atoms with Gasteiger partial charge >= 0.3 is 5.69 Å². The van der Waals surface area contributed by atoms with Crippen molar-refractivity contribution >= 4 is 50.2 Å². The topological polar surface area (TPSA) is 88.4 Å². The molecule has 2 rings (SSSR count). The summed E-state index contributed by atoms with van der Waals surface area (Å²) in [5.41, 5.74) is -0.0567. The lowest BCUT2D eigenvalue weighted by Gasteiger charge is -2.20. The highest BCUT2D eigenvalue weighted by Crippen LogP contribution is 2.28. The maximum absolute atomic E-state index is 12.4. The van der Waals surface area contributed by atoms with Crippen molar-refractivity contribution in [2.45, 2.75) is 0 Å². The van der Waals surface area contributed by atoms with E-state index in [0.29, 0.717) is 18.8 Å². The molecular weight excluding hydrogens is 433 g/mol. The van der Waals surface area contributed by atoms with Crippen molar-refractivity contribution in [1.82, 2.24) is 14.5 Å². The third-order valence-corrected chi connectivity index (χ3v) is 4.92. The molecule has 0 spiro atoms. The summed E-state index contributed by atoms with van der Waals surface area (Å²) in [6.07, 6.45) is 4.36. The van der Waals surface area contributed by atoms with Gasteiger partial charge in [0.1, 0.15) is 0 Å². The zero-order valence-corrected chi connectivity index (χ0v) is 15.5. The predicted octanol–water partition coefficient (Wildman–Crippen LogP) is 0.830. The lowest BCUT2D eigenvalue weighted by Crippen LogP contribution is -2.33. The van der Waals surface area contributed by atoms with Crippen molar-refractivity contribution in [2.75, 3.05) is 35.1 Å². The van der Waals surface area contributed by atoms with Crippen LogP contribution in [0.25, 0.3) is 5.70 Å². The minimum Gasteiger partial charge on any atom is -0.333 e. The number of aromatic nitrogens is 3. The van der Waals surface area contributed by atoms with Gasteiger partial charge in [-0.05, 0) is 4.08 Å². The number of hydrogen-bond donors (Lipinski definition) is 0. The third-order valence-electron chi connectivity index (χ3n) is 3.11. The Kier molecular flexibility index (Phi) is 5.24. The van der Waals surface area contributed by atoms with Gasteiger partial charge in [-0.15, -0.1) is 13.2 Å². The number of rotatable bonds is 6. The lowest BCUT2D eigenvalue weighted by molar-refractivity contribution is 0.598. The molecule has 0 atom stereocenters. The van der Waals surface area contributed by atoms with E-state index in [0.717, 1.165) is 10.6 Å². The van der Waals surface area contributed by atoms with Gasteiger partial charge in [0.15, 0.2) is 0 Å². The second kappa shape index (κ2) is 6.83. The highest BCUT2D eigenvalue weighted by Gasteiger charge is 2.33. The number of halogens is 1. The maximum atomic E-state index is 12.4. The number of nitrogens with zero attached hydrogens (tertiary/aromatic N) is 5. The molecule has 0 bridgehead atoms. The van der Waals surface area contributed by atoms with Gasteiger partial charge in [-0.2, -0.15) is 9.97 Å². The van der Waals surface area contributed by atoms with E-state index in [4.69, 9.17) is 0 Å². The van der Waals surface area contributed by atoms with Crippen LogP contribution in [0, 0.1) is 0 Å². The van der Waals surface area contributed by atoms with E-state index in [1.807, 2.05) is 22.6 Å². The molecule has 0 amide bonds. The van der Waals surface area contributed by atoms with Crippen molar-refractivity contribution in [3.63, 3.8) is 0 Å². The van der Waals surface area contributed by atoms with Gasteiger partial charge in [0.2, 0.25) is 21.9 Å². The summed E-state index contributed by atoms with van der Waals surface area (Å²) >= 11 is 1.95. The fourth-order valence-electron chi connectivity index (χ4n) is 2.13. The highest BCUT2D eigenvalue weighted by molar-refractivity contribution is 14.1. The normalized spacial score (nSPS) is 15.6.